The van der Waals surface area contributed by atoms with Crippen molar-refractivity contribution < 1.29 is 14.5 Å². The second kappa shape index (κ2) is 9.16. The summed E-state index contributed by atoms with van der Waals surface area (Å²) in [6, 6.07) is 16.4. The molecule has 164 valence electrons. The van der Waals surface area contributed by atoms with Crippen LogP contribution in [0.1, 0.15) is 22.6 Å². The average molecular weight is 472 g/mol. The van der Waals surface area contributed by atoms with Crippen LogP contribution in [0.5, 0.6) is 5.75 Å². The number of halogens is 2. The van der Waals surface area contributed by atoms with Gasteiger partial charge in [-0.15, -0.1) is 0 Å². The van der Waals surface area contributed by atoms with E-state index in [4.69, 9.17) is 27.9 Å². The Kier molecular flexibility index (Phi) is 6.32. The van der Waals surface area contributed by atoms with Crippen LogP contribution < -0.4 is 10.1 Å². The van der Waals surface area contributed by atoms with Crippen LogP contribution in [0.4, 0.5) is 16.2 Å². The first-order valence-corrected chi connectivity index (χ1v) is 10.6. The summed E-state index contributed by atoms with van der Waals surface area (Å²) in [7, 11) is 2.01. The molecule has 1 amide bonds. The van der Waals surface area contributed by atoms with Crippen LogP contribution in [0, 0.1) is 10.1 Å². The molecule has 1 aliphatic heterocycles. The molecule has 1 heterocycles. The fourth-order valence-corrected chi connectivity index (χ4v) is 4.47. The lowest BCUT2D eigenvalue weighted by Crippen LogP contribution is -2.32. The Hall–Kier alpha value is -3.13. The number of ether oxygens (including phenoxy) is 1. The molecule has 0 saturated carbocycles. The summed E-state index contributed by atoms with van der Waals surface area (Å²) < 4.78 is 5.30. The molecule has 3 aromatic rings. The summed E-state index contributed by atoms with van der Waals surface area (Å²) in [4.78, 5) is 25.0. The zero-order valence-corrected chi connectivity index (χ0v) is 18.6. The van der Waals surface area contributed by atoms with Crippen LogP contribution in [0.25, 0.3) is 0 Å². The molecule has 1 aliphatic rings. The van der Waals surface area contributed by atoms with E-state index < -0.39 is 11.0 Å². The molecular weight excluding hydrogens is 453 g/mol. The number of rotatable bonds is 4. The highest BCUT2D eigenvalue weighted by Crippen LogP contribution is 2.40. The van der Waals surface area contributed by atoms with Gasteiger partial charge in [0.05, 0.1) is 4.92 Å². The van der Waals surface area contributed by atoms with Crippen LogP contribution in [0.3, 0.4) is 0 Å². The Morgan fingerprint density at radius 3 is 2.56 bits per heavy atom. The van der Waals surface area contributed by atoms with Gasteiger partial charge in [0, 0.05) is 46.9 Å². The van der Waals surface area contributed by atoms with Crippen LogP contribution in [-0.4, -0.2) is 29.5 Å². The first-order valence-electron chi connectivity index (χ1n) is 9.80. The minimum Gasteiger partial charge on any atom is -0.410 e. The van der Waals surface area contributed by atoms with Gasteiger partial charge in [0.1, 0.15) is 5.75 Å². The van der Waals surface area contributed by atoms with E-state index in [1.807, 2.05) is 31.3 Å². The van der Waals surface area contributed by atoms with Gasteiger partial charge in [-0.05, 0) is 54.1 Å². The number of hydrogen-bond donors (Lipinski definition) is 1. The Bertz CT molecular complexity index is 1180. The number of carbonyl (C=O) groups is 1. The fraction of sp³-hybridized carbons (Fsp3) is 0.174. The smallest absolute Gasteiger partial charge is 0.410 e. The number of nitrogens with one attached hydrogen (secondary N) is 1. The number of fused-ring (bicyclic) bond motifs is 1. The van der Waals surface area contributed by atoms with Crippen molar-refractivity contribution in [2.45, 2.75) is 12.5 Å². The molecular formula is C23H19Cl2N3O4. The lowest BCUT2D eigenvalue weighted by molar-refractivity contribution is -0.384. The Labute approximate surface area is 194 Å². The highest BCUT2D eigenvalue weighted by Gasteiger charge is 2.29. The number of likely N-dealkylation sites (N-methyl/N-ethyl adjacent to an activating group) is 1. The molecule has 0 fully saturated rings. The van der Waals surface area contributed by atoms with Crippen LogP contribution >= 0.6 is 23.2 Å². The van der Waals surface area contributed by atoms with Crippen LogP contribution in [0.2, 0.25) is 10.0 Å². The molecule has 0 spiro atoms. The maximum absolute atomic E-state index is 12.5. The molecule has 0 aromatic heterocycles. The van der Waals surface area contributed by atoms with E-state index in [0.717, 1.165) is 23.2 Å². The third kappa shape index (κ3) is 4.70. The number of benzene rings is 3. The number of nitro benzene ring substituents is 1. The van der Waals surface area contributed by atoms with Gasteiger partial charge < -0.3 is 9.64 Å². The number of para-hydroxylation sites is 1. The van der Waals surface area contributed by atoms with E-state index in [2.05, 4.69) is 10.2 Å². The van der Waals surface area contributed by atoms with Crippen molar-refractivity contribution in [3.63, 3.8) is 0 Å². The monoisotopic (exact) mass is 471 g/mol. The molecule has 0 unspecified atom stereocenters. The SMILES string of the molecule is CN1Cc2c(Cl)cc(Cl)cc2[C@H](c2ccccc2NC(=O)Oc2ccc([N+](=O)[O-])cc2)C1. The van der Waals surface area contributed by atoms with E-state index in [1.54, 1.807) is 12.1 Å². The van der Waals surface area contributed by atoms with E-state index in [0.29, 0.717) is 22.3 Å². The van der Waals surface area contributed by atoms with Gasteiger partial charge in [-0.1, -0.05) is 41.4 Å². The summed E-state index contributed by atoms with van der Waals surface area (Å²) >= 11 is 12.8. The van der Waals surface area contributed by atoms with Gasteiger partial charge in [-0.3, -0.25) is 15.4 Å². The van der Waals surface area contributed by atoms with E-state index in [-0.39, 0.29) is 17.4 Å². The molecule has 1 atom stereocenters. The van der Waals surface area contributed by atoms with Gasteiger partial charge >= 0.3 is 6.09 Å². The zero-order valence-electron chi connectivity index (χ0n) is 17.0. The minimum atomic E-state index is -0.695. The second-order valence-corrected chi connectivity index (χ2v) is 8.40. The number of nitro groups is 1. The van der Waals surface area contributed by atoms with Crippen molar-refractivity contribution in [3.8, 4) is 5.75 Å². The van der Waals surface area contributed by atoms with Gasteiger partial charge in [0.2, 0.25) is 0 Å². The van der Waals surface area contributed by atoms with Crippen molar-refractivity contribution in [1.82, 2.24) is 4.90 Å². The Morgan fingerprint density at radius 2 is 1.84 bits per heavy atom. The third-order valence-electron chi connectivity index (χ3n) is 5.32. The predicted octanol–water partition coefficient (Wildman–Crippen LogP) is 6.09. The number of nitrogens with zero attached hydrogens (tertiary/aromatic N) is 2. The van der Waals surface area contributed by atoms with Gasteiger partial charge in [0.15, 0.2) is 0 Å². The van der Waals surface area contributed by atoms with Crippen molar-refractivity contribution in [2.75, 3.05) is 18.9 Å². The zero-order chi connectivity index (χ0) is 22.8. The highest BCUT2D eigenvalue weighted by molar-refractivity contribution is 6.35. The summed E-state index contributed by atoms with van der Waals surface area (Å²) in [6.45, 7) is 1.43. The molecule has 4 rings (SSSR count). The van der Waals surface area contributed by atoms with E-state index in [9.17, 15) is 14.9 Å². The topological polar surface area (TPSA) is 84.7 Å². The quantitative estimate of drug-likeness (QED) is 0.367. The third-order valence-corrected chi connectivity index (χ3v) is 5.88. The van der Waals surface area contributed by atoms with Gasteiger partial charge in [-0.25, -0.2) is 4.79 Å². The highest BCUT2D eigenvalue weighted by atomic mass is 35.5. The van der Waals surface area contributed by atoms with Gasteiger partial charge in [0.25, 0.3) is 5.69 Å². The summed E-state index contributed by atoms with van der Waals surface area (Å²) in [5.41, 5.74) is 3.46. The Morgan fingerprint density at radius 1 is 1.12 bits per heavy atom. The van der Waals surface area contributed by atoms with Crippen LogP contribution in [-0.2, 0) is 6.54 Å². The normalized spacial score (nSPS) is 15.7. The molecule has 0 aliphatic carbocycles. The molecule has 0 bridgehead atoms. The summed E-state index contributed by atoms with van der Waals surface area (Å²) in [5.74, 6) is 0.141. The van der Waals surface area contributed by atoms with E-state index >= 15 is 0 Å². The predicted molar refractivity (Wildman–Crippen MR) is 124 cm³/mol. The number of anilines is 1. The van der Waals surface area contributed by atoms with Crippen molar-refractivity contribution in [2.24, 2.45) is 0 Å². The maximum Gasteiger partial charge on any atom is 0.417 e. The second-order valence-electron chi connectivity index (χ2n) is 7.56. The Balaban J connectivity index is 1.60. The molecule has 7 nitrogen and oxygen atoms in total. The standard InChI is InChI=1S/C23H19Cl2N3O4/c1-27-12-19(18-10-14(24)11-21(25)20(18)13-27)17-4-2-3-5-22(17)26-23(29)32-16-8-6-15(7-9-16)28(30)31/h2-11,19H,12-13H2,1H3,(H,26,29)/t19-/m0/s1. The minimum absolute atomic E-state index is 0.0594. The number of non-ortho nitro benzene ring substituents is 1. The first-order chi connectivity index (χ1) is 15.3. The number of carbonyl (C=O) groups excluding carboxylic acids is 1. The lowest BCUT2D eigenvalue weighted by atomic mass is 9.84. The van der Waals surface area contributed by atoms with Gasteiger partial charge in [-0.2, -0.15) is 0 Å². The summed E-state index contributed by atoms with van der Waals surface area (Å²) in [6.07, 6.45) is -0.695. The van der Waals surface area contributed by atoms with Crippen LogP contribution in [0.15, 0.2) is 60.7 Å². The lowest BCUT2D eigenvalue weighted by Gasteiger charge is -2.34. The first kappa shape index (κ1) is 22.1. The molecule has 0 saturated heterocycles. The molecule has 3 aromatic carbocycles. The van der Waals surface area contributed by atoms with Crippen molar-refractivity contribution in [1.29, 1.82) is 0 Å². The molecule has 1 N–H and O–H groups in total. The van der Waals surface area contributed by atoms with Crippen molar-refractivity contribution in [3.05, 3.63) is 97.5 Å². The number of hydrogen-bond acceptors (Lipinski definition) is 5. The largest absolute Gasteiger partial charge is 0.417 e. The molecule has 32 heavy (non-hydrogen) atoms. The average Bonchev–Trinajstić information content (AvgIpc) is 2.74. The maximum atomic E-state index is 12.5. The summed E-state index contributed by atoms with van der Waals surface area (Å²) in [5, 5.41) is 14.7. The molecule has 0 radical (unpaired) electrons. The van der Waals surface area contributed by atoms with Crippen molar-refractivity contribution >= 4 is 40.7 Å². The number of amides is 1. The van der Waals surface area contributed by atoms with E-state index in [1.165, 1.54) is 24.3 Å². The fourth-order valence-electron chi connectivity index (χ4n) is 3.90. The molecule has 9 heteroatoms.